The van der Waals surface area contributed by atoms with Gasteiger partial charge in [-0.1, -0.05) is 13.0 Å². The summed E-state index contributed by atoms with van der Waals surface area (Å²) in [4.78, 5) is 11.8. The number of amides is 2. The number of carbonyl (C=O) groups excluding carboxylic acids is 1. The minimum absolute atomic E-state index is 0.104. The Bertz CT molecular complexity index is 397. The van der Waals surface area contributed by atoms with Gasteiger partial charge in [-0.05, 0) is 18.6 Å². The number of anilines is 1. The maximum Gasteiger partial charge on any atom is 0.319 e. The minimum Gasteiger partial charge on any atom is -0.494 e. The molecular weight excluding hydrogens is 248 g/mol. The first-order valence-corrected chi connectivity index (χ1v) is 6.05. The van der Waals surface area contributed by atoms with E-state index < -0.39 is 6.03 Å². The van der Waals surface area contributed by atoms with Crippen molar-refractivity contribution < 1.29 is 19.4 Å². The third-order valence-corrected chi connectivity index (χ3v) is 2.71. The second-order valence-corrected chi connectivity index (χ2v) is 3.92. The number of nitrogens with one attached hydrogen (secondary N) is 2. The summed E-state index contributed by atoms with van der Waals surface area (Å²) in [6.07, 6.45) is 0.646. The molecule has 0 heterocycles. The van der Waals surface area contributed by atoms with Crippen molar-refractivity contribution in [2.75, 3.05) is 26.1 Å². The van der Waals surface area contributed by atoms with Gasteiger partial charge < -0.3 is 25.2 Å². The molecule has 1 aromatic rings. The molecule has 0 aromatic heterocycles. The number of hydrogen-bond donors (Lipinski definition) is 3. The molecule has 19 heavy (non-hydrogen) atoms. The van der Waals surface area contributed by atoms with Crippen LogP contribution in [0, 0.1) is 0 Å². The van der Waals surface area contributed by atoms with E-state index in [0.717, 1.165) is 0 Å². The van der Waals surface area contributed by atoms with Gasteiger partial charge in [0.25, 0.3) is 0 Å². The molecule has 1 unspecified atom stereocenters. The van der Waals surface area contributed by atoms with Crippen molar-refractivity contribution in [1.29, 1.82) is 0 Å². The van der Waals surface area contributed by atoms with Crippen molar-refractivity contribution in [3.63, 3.8) is 0 Å². The van der Waals surface area contributed by atoms with Gasteiger partial charge in [-0.15, -0.1) is 0 Å². The van der Waals surface area contributed by atoms with Crippen molar-refractivity contribution in [3.8, 4) is 11.5 Å². The monoisotopic (exact) mass is 268 g/mol. The SMILES string of the molecule is CCC(CO)NC(=O)Nc1c(OC)cccc1OC. The van der Waals surface area contributed by atoms with Gasteiger partial charge in [0, 0.05) is 0 Å². The fraction of sp³-hybridized carbons (Fsp3) is 0.462. The van der Waals surface area contributed by atoms with Gasteiger partial charge in [-0.2, -0.15) is 0 Å². The number of hydrogen-bond acceptors (Lipinski definition) is 4. The Balaban J connectivity index is 2.83. The first kappa shape index (κ1) is 15.1. The first-order valence-electron chi connectivity index (χ1n) is 6.05. The highest BCUT2D eigenvalue weighted by Crippen LogP contribution is 2.33. The molecule has 0 aliphatic rings. The molecule has 1 atom stereocenters. The summed E-state index contributed by atoms with van der Waals surface area (Å²) in [6, 6.07) is 4.52. The summed E-state index contributed by atoms with van der Waals surface area (Å²) in [5.74, 6) is 1.01. The van der Waals surface area contributed by atoms with Crippen LogP contribution in [0.15, 0.2) is 18.2 Å². The Morgan fingerprint density at radius 1 is 1.32 bits per heavy atom. The van der Waals surface area contributed by atoms with Crippen LogP contribution in [0.4, 0.5) is 10.5 Å². The summed E-state index contributed by atoms with van der Waals surface area (Å²) in [5, 5.41) is 14.4. The molecule has 1 aromatic carbocycles. The van der Waals surface area contributed by atoms with Crippen LogP contribution in [-0.4, -0.2) is 38.0 Å². The Labute approximate surface area is 112 Å². The number of rotatable bonds is 6. The Morgan fingerprint density at radius 2 is 1.89 bits per heavy atom. The second-order valence-electron chi connectivity index (χ2n) is 3.92. The molecular formula is C13H20N2O4. The van der Waals surface area contributed by atoms with Gasteiger partial charge in [0.05, 0.1) is 26.9 Å². The van der Waals surface area contributed by atoms with Crippen molar-refractivity contribution in [1.82, 2.24) is 5.32 Å². The van der Waals surface area contributed by atoms with Crippen LogP contribution in [0.1, 0.15) is 13.3 Å². The smallest absolute Gasteiger partial charge is 0.319 e. The number of aliphatic hydroxyl groups excluding tert-OH is 1. The van der Waals surface area contributed by atoms with Crippen LogP contribution in [0.5, 0.6) is 11.5 Å². The number of ether oxygens (including phenoxy) is 2. The number of carbonyl (C=O) groups is 1. The average molecular weight is 268 g/mol. The maximum atomic E-state index is 11.8. The van der Waals surface area contributed by atoms with Crippen LogP contribution in [0.25, 0.3) is 0 Å². The molecule has 0 radical (unpaired) electrons. The summed E-state index contributed by atoms with van der Waals surface area (Å²) < 4.78 is 10.3. The van der Waals surface area contributed by atoms with Crippen molar-refractivity contribution in [3.05, 3.63) is 18.2 Å². The third-order valence-electron chi connectivity index (χ3n) is 2.71. The molecule has 3 N–H and O–H groups in total. The zero-order chi connectivity index (χ0) is 14.3. The molecule has 0 aliphatic heterocycles. The lowest BCUT2D eigenvalue weighted by molar-refractivity contribution is 0.222. The van der Waals surface area contributed by atoms with E-state index in [1.165, 1.54) is 14.2 Å². The average Bonchev–Trinajstić information content (AvgIpc) is 2.44. The van der Waals surface area contributed by atoms with Crippen LogP contribution in [0.2, 0.25) is 0 Å². The van der Waals surface area contributed by atoms with E-state index in [9.17, 15) is 4.79 Å². The number of methoxy groups -OCH3 is 2. The highest BCUT2D eigenvalue weighted by molar-refractivity contribution is 5.93. The summed E-state index contributed by atoms with van der Waals surface area (Å²) >= 11 is 0. The van der Waals surface area contributed by atoms with Crippen LogP contribution < -0.4 is 20.1 Å². The van der Waals surface area contributed by atoms with Gasteiger partial charge in [0.1, 0.15) is 17.2 Å². The first-order chi connectivity index (χ1) is 9.15. The molecule has 0 saturated carbocycles. The summed E-state index contributed by atoms with van der Waals surface area (Å²) in [6.45, 7) is 1.78. The van der Waals surface area contributed by atoms with Gasteiger partial charge >= 0.3 is 6.03 Å². The Kier molecular flexibility index (Phi) is 5.95. The molecule has 0 aliphatic carbocycles. The fourth-order valence-electron chi connectivity index (χ4n) is 1.59. The molecule has 1 rings (SSSR count). The van der Waals surface area contributed by atoms with E-state index in [2.05, 4.69) is 10.6 Å². The van der Waals surface area contributed by atoms with Crippen molar-refractivity contribution in [2.45, 2.75) is 19.4 Å². The van der Waals surface area contributed by atoms with Crippen LogP contribution in [0.3, 0.4) is 0 Å². The maximum absolute atomic E-state index is 11.8. The number of benzene rings is 1. The third kappa shape index (κ3) is 4.03. The molecule has 0 fully saturated rings. The van der Waals surface area contributed by atoms with E-state index in [1.807, 2.05) is 6.92 Å². The molecule has 0 spiro atoms. The lowest BCUT2D eigenvalue weighted by atomic mass is 10.2. The van der Waals surface area contributed by atoms with Gasteiger partial charge in [-0.25, -0.2) is 4.79 Å². The minimum atomic E-state index is -0.413. The van der Waals surface area contributed by atoms with E-state index in [0.29, 0.717) is 23.6 Å². The zero-order valence-corrected chi connectivity index (χ0v) is 11.4. The predicted molar refractivity (Wildman–Crippen MR) is 72.9 cm³/mol. The number of aliphatic hydroxyl groups is 1. The zero-order valence-electron chi connectivity index (χ0n) is 11.4. The second kappa shape index (κ2) is 7.48. The van der Waals surface area contributed by atoms with Crippen LogP contribution >= 0.6 is 0 Å². The normalized spacial score (nSPS) is 11.6. The van der Waals surface area contributed by atoms with Crippen molar-refractivity contribution in [2.24, 2.45) is 0 Å². The molecule has 6 nitrogen and oxygen atoms in total. The Morgan fingerprint density at radius 3 is 2.32 bits per heavy atom. The predicted octanol–water partition coefficient (Wildman–Crippen LogP) is 1.60. The van der Waals surface area contributed by atoms with Gasteiger partial charge in [0.15, 0.2) is 0 Å². The highest BCUT2D eigenvalue weighted by Gasteiger charge is 2.15. The quantitative estimate of drug-likeness (QED) is 0.732. The molecule has 106 valence electrons. The topological polar surface area (TPSA) is 79.8 Å². The lowest BCUT2D eigenvalue weighted by Gasteiger charge is -2.17. The number of para-hydroxylation sites is 1. The standard InChI is InChI=1S/C13H20N2O4/c1-4-9(8-16)14-13(17)15-12-10(18-2)6-5-7-11(12)19-3/h5-7,9,16H,4,8H2,1-3H3,(H2,14,15,17). The van der Waals surface area contributed by atoms with E-state index in [4.69, 9.17) is 14.6 Å². The van der Waals surface area contributed by atoms with E-state index in [1.54, 1.807) is 18.2 Å². The number of urea groups is 1. The highest BCUT2D eigenvalue weighted by atomic mass is 16.5. The van der Waals surface area contributed by atoms with Gasteiger partial charge in [-0.3, -0.25) is 0 Å². The fourth-order valence-corrected chi connectivity index (χ4v) is 1.59. The molecule has 6 heteroatoms. The van der Waals surface area contributed by atoms with Crippen LogP contribution in [-0.2, 0) is 0 Å². The molecule has 0 bridgehead atoms. The van der Waals surface area contributed by atoms with E-state index in [-0.39, 0.29) is 12.6 Å². The van der Waals surface area contributed by atoms with Gasteiger partial charge in [0.2, 0.25) is 0 Å². The largest absolute Gasteiger partial charge is 0.494 e. The summed E-state index contributed by atoms with van der Waals surface area (Å²) in [7, 11) is 3.03. The van der Waals surface area contributed by atoms with Crippen molar-refractivity contribution >= 4 is 11.7 Å². The van der Waals surface area contributed by atoms with E-state index >= 15 is 0 Å². The molecule has 0 saturated heterocycles. The summed E-state index contributed by atoms with van der Waals surface area (Å²) in [5.41, 5.74) is 0.456. The molecule has 2 amide bonds. The lowest BCUT2D eigenvalue weighted by Crippen LogP contribution is -2.39. The Hall–Kier alpha value is -1.95.